The van der Waals surface area contributed by atoms with Crippen molar-refractivity contribution in [1.29, 1.82) is 0 Å². The Bertz CT molecular complexity index is 347. The summed E-state index contributed by atoms with van der Waals surface area (Å²) in [5.74, 6) is 0.714. The monoisotopic (exact) mass is 228 g/mol. The first kappa shape index (κ1) is 12.3. The van der Waals surface area contributed by atoms with Crippen molar-refractivity contribution in [3.8, 4) is 5.75 Å². The molecule has 1 rings (SSSR count). The van der Waals surface area contributed by atoms with Crippen molar-refractivity contribution in [1.82, 2.24) is 0 Å². The van der Waals surface area contributed by atoms with Gasteiger partial charge < -0.3 is 16.2 Å². The van der Waals surface area contributed by atoms with Gasteiger partial charge in [-0.05, 0) is 31.5 Å². The summed E-state index contributed by atoms with van der Waals surface area (Å²) in [5.41, 5.74) is 12.3. The second-order valence-electron chi connectivity index (χ2n) is 4.19. The largest absolute Gasteiger partial charge is 0.497 e. The quantitative estimate of drug-likeness (QED) is 0.833. The van der Waals surface area contributed by atoms with Crippen LogP contribution in [0.5, 0.6) is 5.75 Å². The van der Waals surface area contributed by atoms with Crippen molar-refractivity contribution in [2.24, 2.45) is 11.5 Å². The van der Waals surface area contributed by atoms with Crippen molar-refractivity contribution in [2.45, 2.75) is 25.4 Å². The average Bonchev–Trinajstić information content (AvgIpc) is 2.15. The minimum absolute atomic E-state index is 0.295. The van der Waals surface area contributed by atoms with Crippen molar-refractivity contribution in [2.75, 3.05) is 7.11 Å². The molecule has 0 fully saturated rings. The zero-order valence-electron chi connectivity index (χ0n) is 9.25. The van der Waals surface area contributed by atoms with Gasteiger partial charge in [-0.3, -0.25) is 0 Å². The Morgan fingerprint density at radius 3 is 2.40 bits per heavy atom. The van der Waals surface area contributed by atoms with Crippen LogP contribution in [0.2, 0.25) is 5.02 Å². The van der Waals surface area contributed by atoms with Crippen LogP contribution in [0, 0.1) is 0 Å². The summed E-state index contributed by atoms with van der Waals surface area (Å²) in [6, 6.07) is 5.12. The predicted molar refractivity (Wildman–Crippen MR) is 63.2 cm³/mol. The Balaban J connectivity index is 3.06. The van der Waals surface area contributed by atoms with E-state index in [4.69, 9.17) is 27.8 Å². The first-order valence-corrected chi connectivity index (χ1v) is 5.12. The molecule has 15 heavy (non-hydrogen) atoms. The average molecular weight is 229 g/mol. The van der Waals surface area contributed by atoms with Gasteiger partial charge in [-0.25, -0.2) is 0 Å². The predicted octanol–water partition coefficient (Wildman–Crippen LogP) is 2.09. The van der Waals surface area contributed by atoms with Crippen molar-refractivity contribution in [3.05, 3.63) is 28.8 Å². The van der Waals surface area contributed by atoms with Crippen LogP contribution < -0.4 is 16.2 Å². The number of methoxy groups -OCH3 is 1. The summed E-state index contributed by atoms with van der Waals surface area (Å²) < 4.78 is 5.06. The Hall–Kier alpha value is -0.770. The van der Waals surface area contributed by atoms with Crippen LogP contribution in [0.25, 0.3) is 0 Å². The summed E-state index contributed by atoms with van der Waals surface area (Å²) in [4.78, 5) is 0. The van der Waals surface area contributed by atoms with E-state index < -0.39 is 5.54 Å². The van der Waals surface area contributed by atoms with Crippen LogP contribution in [0.15, 0.2) is 18.2 Å². The van der Waals surface area contributed by atoms with Gasteiger partial charge in [0.2, 0.25) is 0 Å². The number of ether oxygens (including phenoxy) is 1. The smallest absolute Gasteiger partial charge is 0.120 e. The molecule has 1 atom stereocenters. The molecule has 0 aromatic heterocycles. The maximum atomic E-state index is 6.09. The molecule has 0 radical (unpaired) electrons. The Morgan fingerprint density at radius 1 is 1.40 bits per heavy atom. The molecule has 0 heterocycles. The third-order valence-corrected chi connectivity index (χ3v) is 2.67. The fraction of sp³-hybridized carbons (Fsp3) is 0.455. The SMILES string of the molecule is COc1ccc(C(N)C(C)(C)N)c(Cl)c1. The summed E-state index contributed by atoms with van der Waals surface area (Å²) in [7, 11) is 1.60. The van der Waals surface area contributed by atoms with E-state index in [9.17, 15) is 0 Å². The molecule has 0 saturated heterocycles. The number of halogens is 1. The fourth-order valence-electron chi connectivity index (χ4n) is 1.29. The standard InChI is InChI=1S/C11H17ClN2O/c1-11(2,14)10(13)8-5-4-7(15-3)6-9(8)12/h4-6,10H,13-14H2,1-3H3. The normalized spacial score (nSPS) is 13.7. The first-order chi connectivity index (χ1) is 6.86. The van der Waals surface area contributed by atoms with Gasteiger partial charge in [-0.1, -0.05) is 17.7 Å². The maximum absolute atomic E-state index is 6.09. The van der Waals surface area contributed by atoms with Gasteiger partial charge in [-0.2, -0.15) is 0 Å². The van der Waals surface area contributed by atoms with Gasteiger partial charge in [0, 0.05) is 16.6 Å². The lowest BCUT2D eigenvalue weighted by Crippen LogP contribution is -2.43. The summed E-state index contributed by atoms with van der Waals surface area (Å²) >= 11 is 6.09. The van der Waals surface area contributed by atoms with Gasteiger partial charge >= 0.3 is 0 Å². The van der Waals surface area contributed by atoms with E-state index in [0.29, 0.717) is 10.8 Å². The van der Waals surface area contributed by atoms with E-state index >= 15 is 0 Å². The van der Waals surface area contributed by atoms with Gasteiger partial charge in [0.15, 0.2) is 0 Å². The Kier molecular flexibility index (Phi) is 3.60. The van der Waals surface area contributed by atoms with Gasteiger partial charge in [-0.15, -0.1) is 0 Å². The molecule has 3 nitrogen and oxygen atoms in total. The van der Waals surface area contributed by atoms with Crippen molar-refractivity contribution in [3.63, 3.8) is 0 Å². The van der Waals surface area contributed by atoms with E-state index in [-0.39, 0.29) is 6.04 Å². The van der Waals surface area contributed by atoms with Crippen molar-refractivity contribution >= 4 is 11.6 Å². The lowest BCUT2D eigenvalue weighted by atomic mass is 9.90. The molecule has 0 aliphatic rings. The zero-order chi connectivity index (χ0) is 11.6. The third-order valence-electron chi connectivity index (χ3n) is 2.34. The number of hydrogen-bond donors (Lipinski definition) is 2. The second-order valence-corrected chi connectivity index (χ2v) is 4.59. The minimum atomic E-state index is -0.502. The highest BCUT2D eigenvalue weighted by Crippen LogP contribution is 2.30. The number of rotatable bonds is 3. The highest BCUT2D eigenvalue weighted by molar-refractivity contribution is 6.31. The van der Waals surface area contributed by atoms with E-state index in [1.807, 2.05) is 26.0 Å². The molecule has 1 aromatic rings. The second kappa shape index (κ2) is 4.39. The molecule has 0 aliphatic carbocycles. The topological polar surface area (TPSA) is 61.3 Å². The molecular weight excluding hydrogens is 212 g/mol. The molecule has 0 amide bonds. The van der Waals surface area contributed by atoms with Crippen LogP contribution in [0.4, 0.5) is 0 Å². The lowest BCUT2D eigenvalue weighted by molar-refractivity contribution is 0.409. The Morgan fingerprint density at radius 2 is 2.00 bits per heavy atom. The van der Waals surface area contributed by atoms with Gasteiger partial charge in [0.05, 0.1) is 7.11 Å². The molecule has 0 saturated carbocycles. The molecule has 0 bridgehead atoms. The Labute approximate surface area is 95.4 Å². The maximum Gasteiger partial charge on any atom is 0.120 e. The van der Waals surface area contributed by atoms with Crippen LogP contribution in [0.1, 0.15) is 25.5 Å². The molecular formula is C11H17ClN2O. The molecule has 0 aliphatic heterocycles. The first-order valence-electron chi connectivity index (χ1n) is 4.74. The third kappa shape index (κ3) is 2.84. The van der Waals surface area contributed by atoms with Crippen LogP contribution in [-0.4, -0.2) is 12.6 Å². The lowest BCUT2D eigenvalue weighted by Gasteiger charge is -2.28. The number of nitrogens with two attached hydrogens (primary N) is 2. The van der Waals surface area contributed by atoms with E-state index in [2.05, 4.69) is 0 Å². The zero-order valence-corrected chi connectivity index (χ0v) is 10.0. The van der Waals surface area contributed by atoms with Crippen LogP contribution in [0.3, 0.4) is 0 Å². The highest BCUT2D eigenvalue weighted by Gasteiger charge is 2.24. The van der Waals surface area contributed by atoms with Crippen molar-refractivity contribution < 1.29 is 4.74 Å². The number of benzene rings is 1. The fourth-order valence-corrected chi connectivity index (χ4v) is 1.58. The van der Waals surface area contributed by atoms with Crippen LogP contribution in [-0.2, 0) is 0 Å². The van der Waals surface area contributed by atoms with Gasteiger partial charge in [0.1, 0.15) is 5.75 Å². The summed E-state index contributed by atoms with van der Waals surface area (Å²) in [5, 5.41) is 0.584. The minimum Gasteiger partial charge on any atom is -0.497 e. The van der Waals surface area contributed by atoms with E-state index in [1.54, 1.807) is 13.2 Å². The highest BCUT2D eigenvalue weighted by atomic mass is 35.5. The number of hydrogen-bond acceptors (Lipinski definition) is 3. The van der Waals surface area contributed by atoms with E-state index in [1.165, 1.54) is 0 Å². The molecule has 1 unspecified atom stereocenters. The molecule has 84 valence electrons. The summed E-state index contributed by atoms with van der Waals surface area (Å²) in [6.45, 7) is 3.75. The van der Waals surface area contributed by atoms with Gasteiger partial charge in [0.25, 0.3) is 0 Å². The molecule has 0 spiro atoms. The summed E-state index contributed by atoms with van der Waals surface area (Å²) in [6.07, 6.45) is 0. The molecule has 4 heteroatoms. The van der Waals surface area contributed by atoms with Crippen LogP contribution >= 0.6 is 11.6 Å². The molecule has 4 N–H and O–H groups in total. The van der Waals surface area contributed by atoms with E-state index in [0.717, 1.165) is 5.56 Å². The molecule has 1 aromatic carbocycles.